The van der Waals surface area contributed by atoms with Gasteiger partial charge in [0, 0.05) is 13.1 Å². The number of carbonyl (C=O) groups excluding carboxylic acids is 1. The minimum absolute atomic E-state index is 0.0362. The van der Waals surface area contributed by atoms with Gasteiger partial charge in [-0.25, -0.2) is 0 Å². The Bertz CT molecular complexity index is 548. The molecule has 1 aliphatic heterocycles. The molecule has 0 atom stereocenters. The number of hydrogen-bond acceptors (Lipinski definition) is 3. The van der Waals surface area contributed by atoms with Crippen LogP contribution < -0.4 is 4.74 Å². The summed E-state index contributed by atoms with van der Waals surface area (Å²) in [5.74, 6) is -0.216. The molecule has 0 saturated carbocycles. The summed E-state index contributed by atoms with van der Waals surface area (Å²) in [5, 5.41) is 8.96. The van der Waals surface area contributed by atoms with Gasteiger partial charge in [0.2, 0.25) is 5.91 Å². The van der Waals surface area contributed by atoms with E-state index >= 15 is 0 Å². The van der Waals surface area contributed by atoms with E-state index in [1.165, 1.54) is 0 Å². The molecule has 1 aliphatic rings. The molecule has 22 heavy (non-hydrogen) atoms. The van der Waals surface area contributed by atoms with E-state index in [4.69, 9.17) is 9.84 Å². The molecule has 0 spiro atoms. The summed E-state index contributed by atoms with van der Waals surface area (Å²) < 4.78 is 5.70. The molecule has 1 aromatic carbocycles. The molecule has 5 nitrogen and oxygen atoms in total. The Balaban J connectivity index is 1.76. The smallest absolute Gasteiger partial charge is 0.306 e. The summed E-state index contributed by atoms with van der Waals surface area (Å²) in [5.41, 5.74) is 2.18. The number of hydrogen-bond donors (Lipinski definition) is 1. The lowest BCUT2D eigenvalue weighted by molar-refractivity contribution is -0.145. The monoisotopic (exact) mass is 305 g/mol. The van der Waals surface area contributed by atoms with Crippen LogP contribution >= 0.6 is 0 Å². The lowest BCUT2D eigenvalue weighted by Gasteiger charge is -2.30. The number of carboxylic acid groups (broad SMARTS) is 1. The fourth-order valence-corrected chi connectivity index (χ4v) is 2.65. The fraction of sp³-hybridized carbons (Fsp3) is 0.529. The number of likely N-dealkylation sites (tertiary alicyclic amines) is 1. The van der Waals surface area contributed by atoms with Crippen molar-refractivity contribution in [3.63, 3.8) is 0 Å². The third kappa shape index (κ3) is 4.23. The Hall–Kier alpha value is -2.04. The highest BCUT2D eigenvalue weighted by atomic mass is 16.5. The van der Waals surface area contributed by atoms with Crippen LogP contribution in [0.2, 0.25) is 0 Å². The number of aryl methyl sites for hydroxylation is 2. The van der Waals surface area contributed by atoms with Gasteiger partial charge in [-0.1, -0.05) is 12.1 Å². The van der Waals surface area contributed by atoms with E-state index in [1.807, 2.05) is 32.0 Å². The predicted molar refractivity (Wildman–Crippen MR) is 83.0 cm³/mol. The normalized spacial score (nSPS) is 15.6. The Kier molecular flexibility index (Phi) is 5.41. The van der Waals surface area contributed by atoms with E-state index in [-0.39, 0.29) is 11.8 Å². The van der Waals surface area contributed by atoms with Crippen LogP contribution in [0.1, 0.15) is 30.4 Å². The standard InChI is InChI=1S/C17H23NO4/c1-12-3-4-13(2)15(11-12)22-10-7-16(19)18-8-5-14(6-9-18)17(20)21/h3-4,11,14H,5-10H2,1-2H3,(H,20,21). The molecular weight excluding hydrogens is 282 g/mol. The topological polar surface area (TPSA) is 66.8 Å². The molecule has 5 heteroatoms. The number of carbonyl (C=O) groups is 2. The highest BCUT2D eigenvalue weighted by Gasteiger charge is 2.26. The molecule has 1 saturated heterocycles. The zero-order chi connectivity index (χ0) is 16.1. The molecule has 0 radical (unpaired) electrons. The van der Waals surface area contributed by atoms with Gasteiger partial charge in [0.25, 0.3) is 0 Å². The van der Waals surface area contributed by atoms with Crippen LogP contribution in [0.5, 0.6) is 5.75 Å². The quantitative estimate of drug-likeness (QED) is 0.907. The van der Waals surface area contributed by atoms with Crippen molar-refractivity contribution in [3.05, 3.63) is 29.3 Å². The number of carboxylic acids is 1. The molecule has 1 amide bonds. The average Bonchev–Trinajstić information content (AvgIpc) is 2.50. The van der Waals surface area contributed by atoms with Crippen LogP contribution in [-0.2, 0) is 9.59 Å². The van der Waals surface area contributed by atoms with E-state index in [9.17, 15) is 9.59 Å². The van der Waals surface area contributed by atoms with E-state index in [0.29, 0.717) is 39.0 Å². The van der Waals surface area contributed by atoms with Gasteiger partial charge in [-0.15, -0.1) is 0 Å². The van der Waals surface area contributed by atoms with E-state index < -0.39 is 5.97 Å². The molecular formula is C17H23NO4. The van der Waals surface area contributed by atoms with Crippen molar-refractivity contribution in [1.82, 2.24) is 4.90 Å². The Labute approximate surface area is 130 Å². The summed E-state index contributed by atoms with van der Waals surface area (Å²) >= 11 is 0. The lowest BCUT2D eigenvalue weighted by Crippen LogP contribution is -2.40. The van der Waals surface area contributed by atoms with Crippen LogP contribution in [0.15, 0.2) is 18.2 Å². The van der Waals surface area contributed by atoms with Gasteiger partial charge in [0.1, 0.15) is 5.75 Å². The van der Waals surface area contributed by atoms with E-state index in [1.54, 1.807) is 4.90 Å². The molecule has 0 aliphatic carbocycles. The van der Waals surface area contributed by atoms with Gasteiger partial charge >= 0.3 is 5.97 Å². The summed E-state index contributed by atoms with van der Waals surface area (Å²) in [6.45, 7) is 5.39. The highest BCUT2D eigenvalue weighted by molar-refractivity contribution is 5.77. The molecule has 1 aromatic rings. The van der Waals surface area contributed by atoms with Crippen LogP contribution in [0.4, 0.5) is 0 Å². The van der Waals surface area contributed by atoms with Crippen LogP contribution in [0.3, 0.4) is 0 Å². The van der Waals surface area contributed by atoms with Crippen LogP contribution in [0.25, 0.3) is 0 Å². The molecule has 0 unspecified atom stereocenters. The first kappa shape index (κ1) is 16.3. The third-order valence-electron chi connectivity index (χ3n) is 4.11. The van der Waals surface area contributed by atoms with Gasteiger partial charge in [0.05, 0.1) is 18.9 Å². The van der Waals surface area contributed by atoms with Crippen LogP contribution in [0, 0.1) is 19.8 Å². The fourth-order valence-electron chi connectivity index (χ4n) is 2.65. The molecule has 120 valence electrons. The Morgan fingerprint density at radius 3 is 2.59 bits per heavy atom. The average molecular weight is 305 g/mol. The van der Waals surface area contributed by atoms with Gasteiger partial charge in [0.15, 0.2) is 0 Å². The number of piperidine rings is 1. The van der Waals surface area contributed by atoms with Crippen molar-refractivity contribution in [2.45, 2.75) is 33.1 Å². The zero-order valence-corrected chi connectivity index (χ0v) is 13.2. The minimum atomic E-state index is -0.759. The second-order valence-electron chi connectivity index (χ2n) is 5.86. The second-order valence-corrected chi connectivity index (χ2v) is 5.86. The lowest BCUT2D eigenvalue weighted by atomic mass is 9.97. The molecule has 1 heterocycles. The second kappa shape index (κ2) is 7.29. The Morgan fingerprint density at radius 2 is 1.95 bits per heavy atom. The van der Waals surface area contributed by atoms with Crippen LogP contribution in [-0.4, -0.2) is 41.6 Å². The van der Waals surface area contributed by atoms with Crippen molar-refractivity contribution < 1.29 is 19.4 Å². The maximum absolute atomic E-state index is 12.1. The maximum Gasteiger partial charge on any atom is 0.306 e. The summed E-state index contributed by atoms with van der Waals surface area (Å²) in [7, 11) is 0. The van der Waals surface area contributed by atoms with Gasteiger partial charge in [-0.2, -0.15) is 0 Å². The zero-order valence-electron chi connectivity index (χ0n) is 13.2. The van der Waals surface area contributed by atoms with Gasteiger partial charge in [-0.05, 0) is 43.9 Å². The summed E-state index contributed by atoms with van der Waals surface area (Å²) in [6.07, 6.45) is 1.41. The first-order chi connectivity index (χ1) is 10.5. The van der Waals surface area contributed by atoms with Gasteiger partial charge < -0.3 is 14.7 Å². The van der Waals surface area contributed by atoms with E-state index in [2.05, 4.69) is 0 Å². The minimum Gasteiger partial charge on any atom is -0.493 e. The first-order valence-corrected chi connectivity index (χ1v) is 7.68. The number of benzene rings is 1. The summed E-state index contributed by atoms with van der Waals surface area (Å²) in [6, 6.07) is 6.00. The highest BCUT2D eigenvalue weighted by Crippen LogP contribution is 2.20. The van der Waals surface area contributed by atoms with Crippen molar-refractivity contribution in [1.29, 1.82) is 0 Å². The van der Waals surface area contributed by atoms with Crippen molar-refractivity contribution in [2.75, 3.05) is 19.7 Å². The molecule has 1 fully saturated rings. The number of ether oxygens (including phenoxy) is 1. The van der Waals surface area contributed by atoms with Crippen molar-refractivity contribution in [2.24, 2.45) is 5.92 Å². The number of aliphatic carboxylic acids is 1. The van der Waals surface area contributed by atoms with Crippen molar-refractivity contribution in [3.8, 4) is 5.75 Å². The number of nitrogens with zero attached hydrogens (tertiary/aromatic N) is 1. The summed E-state index contributed by atoms with van der Waals surface area (Å²) in [4.78, 5) is 24.8. The number of amides is 1. The van der Waals surface area contributed by atoms with Gasteiger partial charge in [-0.3, -0.25) is 9.59 Å². The molecule has 1 N–H and O–H groups in total. The SMILES string of the molecule is Cc1ccc(C)c(OCCC(=O)N2CCC(C(=O)O)CC2)c1. The molecule has 0 bridgehead atoms. The predicted octanol–water partition coefficient (Wildman–Crippen LogP) is 2.40. The largest absolute Gasteiger partial charge is 0.493 e. The first-order valence-electron chi connectivity index (χ1n) is 7.68. The maximum atomic E-state index is 12.1. The third-order valence-corrected chi connectivity index (χ3v) is 4.11. The Morgan fingerprint density at radius 1 is 1.27 bits per heavy atom. The molecule has 0 aromatic heterocycles. The van der Waals surface area contributed by atoms with Crippen molar-refractivity contribution >= 4 is 11.9 Å². The van der Waals surface area contributed by atoms with E-state index in [0.717, 1.165) is 16.9 Å². The number of rotatable bonds is 5. The molecule has 2 rings (SSSR count).